The summed E-state index contributed by atoms with van der Waals surface area (Å²) in [5, 5.41) is 56.3. The first-order valence-electron chi connectivity index (χ1n) is 7.57. The molecule has 6 nitrogen and oxygen atoms in total. The van der Waals surface area contributed by atoms with Crippen LogP contribution in [0.5, 0.6) is 0 Å². The van der Waals surface area contributed by atoms with Gasteiger partial charge in [-0.05, 0) is 24.7 Å². The van der Waals surface area contributed by atoms with Gasteiger partial charge in [-0.3, -0.25) is 0 Å². The molecule has 0 aliphatic rings. The number of hydrogen-bond acceptors (Lipinski definition) is 6. The Hall–Kier alpha value is -0.240. The van der Waals surface area contributed by atoms with E-state index in [-0.39, 0.29) is 51.5 Å². The zero-order valence-electron chi connectivity index (χ0n) is 13.2. The highest BCUT2D eigenvalue weighted by atomic mass is 16.3. The van der Waals surface area contributed by atoms with Crippen molar-refractivity contribution in [3.63, 3.8) is 0 Å². The van der Waals surface area contributed by atoms with E-state index in [1.807, 2.05) is 13.8 Å². The van der Waals surface area contributed by atoms with Crippen molar-refractivity contribution < 1.29 is 30.6 Å². The molecule has 0 aromatic heterocycles. The number of rotatable bonds is 12. The van der Waals surface area contributed by atoms with Crippen molar-refractivity contribution in [2.45, 2.75) is 33.1 Å². The van der Waals surface area contributed by atoms with E-state index in [1.165, 1.54) is 0 Å². The lowest BCUT2D eigenvalue weighted by molar-refractivity contribution is -0.0439. The second-order valence-electron chi connectivity index (χ2n) is 6.41. The molecular weight excluding hydrogens is 276 g/mol. The normalized spacial score (nSPS) is 16.0. The quantitative estimate of drug-likeness (QED) is 0.285. The zero-order chi connectivity index (χ0) is 16.5. The summed E-state index contributed by atoms with van der Waals surface area (Å²) in [6, 6.07) is 0. The molecule has 0 aliphatic carbocycles. The summed E-state index contributed by atoms with van der Waals surface area (Å²) in [5.41, 5.74) is -1.77. The molecule has 6 heteroatoms. The van der Waals surface area contributed by atoms with Gasteiger partial charge >= 0.3 is 0 Å². The molecule has 0 saturated heterocycles. The Morgan fingerprint density at radius 1 is 0.571 bits per heavy atom. The van der Waals surface area contributed by atoms with Crippen LogP contribution in [0.1, 0.15) is 33.1 Å². The molecule has 0 aliphatic heterocycles. The second kappa shape index (κ2) is 9.71. The highest BCUT2D eigenvalue weighted by molar-refractivity contribution is 4.85. The van der Waals surface area contributed by atoms with E-state index in [0.717, 1.165) is 6.42 Å². The first-order valence-corrected chi connectivity index (χ1v) is 7.57. The van der Waals surface area contributed by atoms with Gasteiger partial charge in [0, 0.05) is 10.8 Å². The summed E-state index contributed by atoms with van der Waals surface area (Å²) in [5.74, 6) is -0.118. The van der Waals surface area contributed by atoms with Gasteiger partial charge < -0.3 is 30.6 Å². The first kappa shape index (κ1) is 20.8. The Kier molecular flexibility index (Phi) is 9.60. The van der Waals surface area contributed by atoms with Crippen LogP contribution in [0, 0.1) is 22.7 Å². The van der Waals surface area contributed by atoms with Crippen molar-refractivity contribution in [3.8, 4) is 0 Å². The molecule has 2 unspecified atom stereocenters. The third-order valence-electron chi connectivity index (χ3n) is 5.25. The van der Waals surface area contributed by atoms with Crippen LogP contribution in [0.4, 0.5) is 0 Å². The summed E-state index contributed by atoms with van der Waals surface area (Å²) in [6.45, 7) is 2.12. The molecule has 2 atom stereocenters. The minimum Gasteiger partial charge on any atom is -0.396 e. The molecule has 21 heavy (non-hydrogen) atoms. The molecule has 6 N–H and O–H groups in total. The monoisotopic (exact) mass is 308 g/mol. The lowest BCUT2D eigenvalue weighted by atomic mass is 9.73. The van der Waals surface area contributed by atoms with Crippen LogP contribution in [-0.4, -0.2) is 70.3 Å². The average molecular weight is 308 g/mol. The zero-order valence-corrected chi connectivity index (χ0v) is 13.2. The third kappa shape index (κ3) is 4.87. The molecule has 0 aromatic rings. The first-order chi connectivity index (χ1) is 9.91. The van der Waals surface area contributed by atoms with Crippen LogP contribution < -0.4 is 0 Å². The molecule has 0 fully saturated rings. The number of hydrogen-bond donors (Lipinski definition) is 6. The molecule has 0 heterocycles. The van der Waals surface area contributed by atoms with Crippen LogP contribution in [0.25, 0.3) is 0 Å². The molecule has 128 valence electrons. The standard InChI is InChI=1S/C15H32O6/c1-12(14(6-16,7-17)8-18)4-3-5-13(2)15(9-19,10-20)11-21/h12-13,16-21H,3-11H2,1-2H3. The van der Waals surface area contributed by atoms with Gasteiger partial charge in [0.2, 0.25) is 0 Å². The number of aliphatic hydroxyl groups excluding tert-OH is 6. The minimum absolute atomic E-state index is 0.0588. The van der Waals surface area contributed by atoms with E-state index < -0.39 is 10.8 Å². The van der Waals surface area contributed by atoms with Crippen molar-refractivity contribution in [3.05, 3.63) is 0 Å². The number of aliphatic hydroxyl groups is 6. The van der Waals surface area contributed by atoms with Crippen LogP contribution in [0.15, 0.2) is 0 Å². The largest absolute Gasteiger partial charge is 0.396 e. The summed E-state index contributed by atoms with van der Waals surface area (Å²) >= 11 is 0. The average Bonchev–Trinajstić information content (AvgIpc) is 2.52. The fourth-order valence-corrected chi connectivity index (χ4v) is 2.58. The van der Waals surface area contributed by atoms with Crippen molar-refractivity contribution >= 4 is 0 Å². The van der Waals surface area contributed by atoms with Gasteiger partial charge in [0.05, 0.1) is 39.6 Å². The fraction of sp³-hybridized carbons (Fsp3) is 1.00. The highest BCUT2D eigenvalue weighted by Crippen LogP contribution is 2.34. The molecule has 0 rings (SSSR count). The maximum Gasteiger partial charge on any atom is 0.0534 e. The third-order valence-corrected chi connectivity index (χ3v) is 5.25. The van der Waals surface area contributed by atoms with E-state index >= 15 is 0 Å². The van der Waals surface area contributed by atoms with E-state index in [2.05, 4.69) is 0 Å². The maximum absolute atomic E-state index is 9.38. The second-order valence-corrected chi connectivity index (χ2v) is 6.41. The Bertz CT molecular complexity index is 220. The molecule has 0 radical (unpaired) electrons. The van der Waals surface area contributed by atoms with Crippen molar-refractivity contribution in [2.75, 3.05) is 39.6 Å². The summed E-state index contributed by atoms with van der Waals surface area (Å²) < 4.78 is 0. The Morgan fingerprint density at radius 3 is 1.00 bits per heavy atom. The molecular formula is C15H32O6. The van der Waals surface area contributed by atoms with Crippen LogP contribution in [0.3, 0.4) is 0 Å². The molecule has 0 bridgehead atoms. The van der Waals surface area contributed by atoms with Crippen molar-refractivity contribution in [1.29, 1.82) is 0 Å². The van der Waals surface area contributed by atoms with E-state index in [0.29, 0.717) is 12.8 Å². The SMILES string of the molecule is CC(CCCC(C)C(CO)(CO)CO)C(CO)(CO)CO. The van der Waals surface area contributed by atoms with E-state index in [4.69, 9.17) is 0 Å². The van der Waals surface area contributed by atoms with Gasteiger partial charge in [-0.25, -0.2) is 0 Å². The fourth-order valence-electron chi connectivity index (χ4n) is 2.58. The van der Waals surface area contributed by atoms with Gasteiger partial charge in [-0.1, -0.05) is 20.3 Å². The van der Waals surface area contributed by atoms with E-state index in [9.17, 15) is 30.6 Å². The van der Waals surface area contributed by atoms with Crippen LogP contribution >= 0.6 is 0 Å². The highest BCUT2D eigenvalue weighted by Gasteiger charge is 2.36. The molecule has 0 amide bonds. The Balaban J connectivity index is 4.48. The molecule has 0 saturated carbocycles. The topological polar surface area (TPSA) is 121 Å². The van der Waals surface area contributed by atoms with Gasteiger partial charge in [-0.2, -0.15) is 0 Å². The van der Waals surface area contributed by atoms with Gasteiger partial charge in [0.1, 0.15) is 0 Å². The van der Waals surface area contributed by atoms with Gasteiger partial charge in [0.15, 0.2) is 0 Å². The van der Waals surface area contributed by atoms with Gasteiger partial charge in [0.25, 0.3) is 0 Å². The molecule has 0 spiro atoms. The summed E-state index contributed by atoms with van der Waals surface area (Å²) in [4.78, 5) is 0. The van der Waals surface area contributed by atoms with Crippen molar-refractivity contribution in [2.24, 2.45) is 22.7 Å². The van der Waals surface area contributed by atoms with Crippen molar-refractivity contribution in [1.82, 2.24) is 0 Å². The minimum atomic E-state index is -0.884. The molecule has 0 aromatic carbocycles. The Morgan fingerprint density at radius 2 is 0.810 bits per heavy atom. The summed E-state index contributed by atoms with van der Waals surface area (Å²) in [6.07, 6.45) is 2.15. The van der Waals surface area contributed by atoms with E-state index in [1.54, 1.807) is 0 Å². The van der Waals surface area contributed by atoms with Crippen LogP contribution in [-0.2, 0) is 0 Å². The lowest BCUT2D eigenvalue weighted by Gasteiger charge is -2.36. The maximum atomic E-state index is 9.38. The summed E-state index contributed by atoms with van der Waals surface area (Å²) in [7, 11) is 0. The van der Waals surface area contributed by atoms with Crippen LogP contribution in [0.2, 0.25) is 0 Å². The predicted molar refractivity (Wildman–Crippen MR) is 79.6 cm³/mol. The predicted octanol–water partition coefficient (Wildman–Crippen LogP) is -0.645. The van der Waals surface area contributed by atoms with Gasteiger partial charge in [-0.15, -0.1) is 0 Å². The lowest BCUT2D eigenvalue weighted by Crippen LogP contribution is -2.41. The Labute approximate surface area is 127 Å². The smallest absolute Gasteiger partial charge is 0.0534 e.